The highest BCUT2D eigenvalue weighted by Crippen LogP contribution is 2.37. The summed E-state index contributed by atoms with van der Waals surface area (Å²) in [6.45, 7) is 2.12. The number of hydrogen-bond donors (Lipinski definition) is 1. The van der Waals surface area contributed by atoms with Crippen molar-refractivity contribution in [3.63, 3.8) is 0 Å². The zero-order chi connectivity index (χ0) is 13.5. The second kappa shape index (κ2) is 4.67. The molecule has 0 unspecified atom stereocenters. The zero-order valence-corrected chi connectivity index (χ0v) is 12.0. The average molecular weight is 327 g/mol. The van der Waals surface area contributed by atoms with Crippen LogP contribution in [0.3, 0.4) is 0 Å². The predicted molar refractivity (Wildman–Crippen MR) is 71.6 cm³/mol. The Balaban J connectivity index is 1.64. The molecule has 0 aromatic carbocycles. The molecule has 1 aromatic heterocycles. The first-order valence-electron chi connectivity index (χ1n) is 6.39. The molecule has 2 aliphatic rings. The van der Waals surface area contributed by atoms with Crippen molar-refractivity contribution in [2.75, 3.05) is 19.6 Å². The van der Waals surface area contributed by atoms with Crippen LogP contribution in [0.1, 0.15) is 29.8 Å². The van der Waals surface area contributed by atoms with E-state index in [1.54, 1.807) is 17.0 Å². The second-order valence-corrected chi connectivity index (χ2v) is 6.13. The standard InChI is InChI=1S/C13H15BrN2O3/c14-10-2-1-9(19-10)12(18)16-5-3-13(4-6-16)7-11(17)15-8-13/h1-2H,3-8H2,(H,15,17). The summed E-state index contributed by atoms with van der Waals surface area (Å²) in [6.07, 6.45) is 2.35. The van der Waals surface area contributed by atoms with Gasteiger partial charge in [0.05, 0.1) is 0 Å². The lowest BCUT2D eigenvalue weighted by Gasteiger charge is -2.37. The smallest absolute Gasteiger partial charge is 0.289 e. The van der Waals surface area contributed by atoms with Crippen LogP contribution >= 0.6 is 15.9 Å². The van der Waals surface area contributed by atoms with Crippen molar-refractivity contribution in [1.82, 2.24) is 10.2 Å². The molecule has 0 bridgehead atoms. The van der Waals surface area contributed by atoms with E-state index in [-0.39, 0.29) is 17.2 Å². The number of nitrogens with one attached hydrogen (secondary N) is 1. The Morgan fingerprint density at radius 1 is 1.37 bits per heavy atom. The predicted octanol–water partition coefficient (Wildman–Crippen LogP) is 1.78. The van der Waals surface area contributed by atoms with Gasteiger partial charge < -0.3 is 14.6 Å². The van der Waals surface area contributed by atoms with Crippen LogP contribution < -0.4 is 5.32 Å². The first-order valence-corrected chi connectivity index (χ1v) is 7.19. The van der Waals surface area contributed by atoms with Crippen LogP contribution in [-0.4, -0.2) is 36.3 Å². The van der Waals surface area contributed by atoms with E-state index in [9.17, 15) is 9.59 Å². The number of furan rings is 1. The van der Waals surface area contributed by atoms with Crippen molar-refractivity contribution in [2.45, 2.75) is 19.3 Å². The topological polar surface area (TPSA) is 62.6 Å². The number of halogens is 1. The lowest BCUT2D eigenvalue weighted by atomic mass is 9.77. The number of rotatable bonds is 1. The van der Waals surface area contributed by atoms with E-state index < -0.39 is 0 Å². The Morgan fingerprint density at radius 3 is 2.63 bits per heavy atom. The molecular weight excluding hydrogens is 312 g/mol. The third-order valence-electron chi connectivity index (χ3n) is 4.09. The third-order valence-corrected chi connectivity index (χ3v) is 4.52. The number of amides is 2. The first-order chi connectivity index (χ1) is 9.08. The van der Waals surface area contributed by atoms with Gasteiger partial charge in [-0.05, 0) is 46.3 Å². The number of piperidine rings is 1. The molecule has 0 radical (unpaired) electrons. The fourth-order valence-electron chi connectivity index (χ4n) is 2.87. The lowest BCUT2D eigenvalue weighted by molar-refractivity contribution is -0.119. The van der Waals surface area contributed by atoms with Gasteiger partial charge >= 0.3 is 0 Å². The molecule has 2 fully saturated rings. The summed E-state index contributed by atoms with van der Waals surface area (Å²) in [7, 11) is 0. The zero-order valence-electron chi connectivity index (χ0n) is 10.4. The summed E-state index contributed by atoms with van der Waals surface area (Å²) >= 11 is 3.20. The number of carbonyl (C=O) groups is 2. The van der Waals surface area contributed by atoms with Crippen molar-refractivity contribution < 1.29 is 14.0 Å². The van der Waals surface area contributed by atoms with Crippen LogP contribution in [0.5, 0.6) is 0 Å². The van der Waals surface area contributed by atoms with Crippen LogP contribution in [0.25, 0.3) is 0 Å². The van der Waals surface area contributed by atoms with Gasteiger partial charge in [0.1, 0.15) is 0 Å². The van der Waals surface area contributed by atoms with Crippen LogP contribution in [-0.2, 0) is 4.79 Å². The van der Waals surface area contributed by atoms with Gasteiger partial charge in [0.2, 0.25) is 5.91 Å². The minimum atomic E-state index is -0.0715. The molecule has 6 heteroatoms. The van der Waals surface area contributed by atoms with Gasteiger partial charge in [0.15, 0.2) is 10.4 Å². The Kier molecular flexibility index (Phi) is 3.12. The van der Waals surface area contributed by atoms with Gasteiger partial charge in [0, 0.05) is 26.1 Å². The van der Waals surface area contributed by atoms with Crippen LogP contribution in [0.2, 0.25) is 0 Å². The Bertz CT molecular complexity index is 518. The molecule has 102 valence electrons. The fraction of sp³-hybridized carbons (Fsp3) is 0.538. The summed E-state index contributed by atoms with van der Waals surface area (Å²) in [5.41, 5.74) is 0.0671. The summed E-state index contributed by atoms with van der Waals surface area (Å²) in [4.78, 5) is 25.4. The summed E-state index contributed by atoms with van der Waals surface area (Å²) < 4.78 is 5.86. The average Bonchev–Trinajstić information content (AvgIpc) is 2.97. The monoisotopic (exact) mass is 326 g/mol. The molecule has 1 aromatic rings. The first kappa shape index (κ1) is 12.7. The van der Waals surface area contributed by atoms with Gasteiger partial charge in [-0.25, -0.2) is 0 Å². The Hall–Kier alpha value is -1.30. The van der Waals surface area contributed by atoms with Gasteiger partial charge in [-0.1, -0.05) is 0 Å². The highest BCUT2D eigenvalue weighted by Gasteiger charge is 2.41. The van der Waals surface area contributed by atoms with Crippen LogP contribution in [0.15, 0.2) is 21.2 Å². The van der Waals surface area contributed by atoms with E-state index >= 15 is 0 Å². The van der Waals surface area contributed by atoms with E-state index in [1.165, 1.54) is 0 Å². The molecule has 0 saturated carbocycles. The summed E-state index contributed by atoms with van der Waals surface area (Å²) in [5, 5.41) is 2.89. The molecular formula is C13H15BrN2O3. The van der Waals surface area contributed by atoms with Crippen molar-refractivity contribution in [3.05, 3.63) is 22.6 Å². The highest BCUT2D eigenvalue weighted by atomic mass is 79.9. The SMILES string of the molecule is O=C1CC2(CCN(C(=O)c3ccc(Br)o3)CC2)CN1. The second-order valence-electron chi connectivity index (χ2n) is 5.35. The molecule has 2 aliphatic heterocycles. The van der Waals surface area contributed by atoms with E-state index in [2.05, 4.69) is 21.2 Å². The quantitative estimate of drug-likeness (QED) is 0.855. The molecule has 1 spiro atoms. The Morgan fingerprint density at radius 2 is 2.11 bits per heavy atom. The van der Waals surface area contributed by atoms with E-state index in [0.29, 0.717) is 29.9 Å². The molecule has 19 heavy (non-hydrogen) atoms. The normalized spacial score (nSPS) is 21.7. The maximum atomic E-state index is 12.2. The molecule has 3 heterocycles. The molecule has 0 atom stereocenters. The van der Waals surface area contributed by atoms with Gasteiger partial charge in [0.25, 0.3) is 5.91 Å². The minimum Gasteiger partial charge on any atom is -0.444 e. The van der Waals surface area contributed by atoms with Crippen molar-refractivity contribution >= 4 is 27.7 Å². The highest BCUT2D eigenvalue weighted by molar-refractivity contribution is 9.10. The molecule has 2 saturated heterocycles. The minimum absolute atomic E-state index is 0.0671. The number of nitrogens with zero attached hydrogens (tertiary/aromatic N) is 1. The molecule has 1 N–H and O–H groups in total. The Labute approximate surface area is 119 Å². The molecule has 3 rings (SSSR count). The van der Waals surface area contributed by atoms with Gasteiger partial charge in [-0.2, -0.15) is 0 Å². The van der Waals surface area contributed by atoms with Gasteiger partial charge in [-0.3, -0.25) is 9.59 Å². The number of likely N-dealkylation sites (tertiary alicyclic amines) is 1. The number of hydrogen-bond acceptors (Lipinski definition) is 3. The van der Waals surface area contributed by atoms with Crippen LogP contribution in [0.4, 0.5) is 0 Å². The van der Waals surface area contributed by atoms with E-state index in [0.717, 1.165) is 19.4 Å². The lowest BCUT2D eigenvalue weighted by Crippen LogP contribution is -2.43. The maximum absolute atomic E-state index is 12.2. The van der Waals surface area contributed by atoms with Crippen molar-refractivity contribution in [2.24, 2.45) is 5.41 Å². The van der Waals surface area contributed by atoms with Crippen molar-refractivity contribution in [3.8, 4) is 0 Å². The molecule has 0 aliphatic carbocycles. The summed E-state index contributed by atoms with van der Waals surface area (Å²) in [5.74, 6) is 0.427. The molecule has 2 amide bonds. The van der Waals surface area contributed by atoms with Crippen molar-refractivity contribution in [1.29, 1.82) is 0 Å². The van der Waals surface area contributed by atoms with E-state index in [4.69, 9.17) is 4.42 Å². The van der Waals surface area contributed by atoms with Gasteiger partial charge in [-0.15, -0.1) is 0 Å². The van der Waals surface area contributed by atoms with Crippen LogP contribution in [0, 0.1) is 5.41 Å². The van der Waals surface area contributed by atoms with E-state index in [1.807, 2.05) is 0 Å². The maximum Gasteiger partial charge on any atom is 0.289 e. The largest absolute Gasteiger partial charge is 0.444 e. The third kappa shape index (κ3) is 2.41. The molecule has 5 nitrogen and oxygen atoms in total. The number of carbonyl (C=O) groups excluding carboxylic acids is 2. The fourth-order valence-corrected chi connectivity index (χ4v) is 3.18. The summed E-state index contributed by atoms with van der Waals surface area (Å²) in [6, 6.07) is 3.40.